The van der Waals surface area contributed by atoms with Crippen LogP contribution in [0.1, 0.15) is 33.6 Å². The van der Waals surface area contributed by atoms with Gasteiger partial charge in [-0.05, 0) is 6.92 Å². The molecule has 0 aromatic carbocycles. The Kier molecular flexibility index (Phi) is 8.47. The van der Waals surface area contributed by atoms with Gasteiger partial charge in [-0.15, -0.1) is 0 Å². The van der Waals surface area contributed by atoms with E-state index in [-0.39, 0.29) is 24.7 Å². The molecule has 0 unspecified atom stereocenters. The van der Waals surface area contributed by atoms with Gasteiger partial charge in [0.25, 0.3) is 0 Å². The number of esters is 1. The predicted molar refractivity (Wildman–Crippen MR) is 118 cm³/mol. The van der Waals surface area contributed by atoms with Crippen LogP contribution in [0.15, 0.2) is 11.4 Å². The molecule has 3 rings (SSSR count). The van der Waals surface area contributed by atoms with Crippen molar-refractivity contribution in [3.63, 3.8) is 0 Å². The van der Waals surface area contributed by atoms with Crippen molar-refractivity contribution < 1.29 is 19.1 Å². The van der Waals surface area contributed by atoms with E-state index < -0.39 is 0 Å². The number of aromatic nitrogens is 4. The summed E-state index contributed by atoms with van der Waals surface area (Å²) in [6.07, 6.45) is 1.97. The molecular formula is C20H30N6O4S. The van der Waals surface area contributed by atoms with Crippen molar-refractivity contribution in [1.82, 2.24) is 25.1 Å². The third-order valence-corrected chi connectivity index (χ3v) is 5.48. The van der Waals surface area contributed by atoms with Crippen LogP contribution in [0, 0.1) is 0 Å². The maximum Gasteiger partial charge on any atom is 0.306 e. The lowest BCUT2D eigenvalue weighted by molar-refractivity contribution is -0.144. The molecule has 2 aromatic heterocycles. The van der Waals surface area contributed by atoms with Crippen molar-refractivity contribution in [2.75, 3.05) is 44.4 Å². The number of nitrogens with one attached hydrogen (secondary N) is 1. The Balaban J connectivity index is 1.69. The maximum atomic E-state index is 12.0. The lowest BCUT2D eigenvalue weighted by Gasteiger charge is -2.28. The molecule has 1 amide bonds. The summed E-state index contributed by atoms with van der Waals surface area (Å²) in [6, 6.07) is 0. The van der Waals surface area contributed by atoms with Crippen molar-refractivity contribution in [3.05, 3.63) is 6.20 Å². The van der Waals surface area contributed by atoms with Crippen LogP contribution in [0.3, 0.4) is 0 Å². The number of amides is 1. The van der Waals surface area contributed by atoms with Crippen molar-refractivity contribution in [2.24, 2.45) is 0 Å². The molecule has 31 heavy (non-hydrogen) atoms. The van der Waals surface area contributed by atoms with Crippen LogP contribution >= 0.6 is 11.8 Å². The molecule has 170 valence electrons. The zero-order valence-electron chi connectivity index (χ0n) is 18.3. The minimum Gasteiger partial charge on any atom is -0.466 e. The second-order valence-electron chi connectivity index (χ2n) is 7.36. The molecule has 0 bridgehead atoms. The molecule has 1 saturated heterocycles. The van der Waals surface area contributed by atoms with Gasteiger partial charge in [0.2, 0.25) is 5.91 Å². The van der Waals surface area contributed by atoms with Crippen LogP contribution in [0.4, 0.5) is 5.82 Å². The summed E-state index contributed by atoms with van der Waals surface area (Å²) in [5.41, 5.74) is 0.750. The topological polar surface area (TPSA) is 111 Å². The van der Waals surface area contributed by atoms with E-state index in [0.717, 1.165) is 29.9 Å². The number of anilines is 1. The van der Waals surface area contributed by atoms with Crippen LogP contribution in [0.5, 0.6) is 0 Å². The Morgan fingerprint density at radius 1 is 1.26 bits per heavy atom. The van der Waals surface area contributed by atoms with Crippen LogP contribution < -0.4 is 10.2 Å². The molecule has 0 spiro atoms. The summed E-state index contributed by atoms with van der Waals surface area (Å²) in [5, 5.41) is 9.27. The third kappa shape index (κ3) is 6.54. The van der Waals surface area contributed by atoms with Crippen LogP contribution in [0.25, 0.3) is 11.0 Å². The standard InChI is InChI=1S/C20H30N6O4S/c1-4-30-17(28)6-5-16(27)21-7-8-26-19-15(13-22-26)18(25-9-11-29-12-10-25)23-20(24-19)31-14(2)3/h13-14H,4-12H2,1-3H3,(H,21,27). The normalized spacial score (nSPS) is 14.3. The molecule has 1 N–H and O–H groups in total. The van der Waals surface area contributed by atoms with Crippen molar-refractivity contribution in [3.8, 4) is 0 Å². The van der Waals surface area contributed by atoms with E-state index in [9.17, 15) is 9.59 Å². The van der Waals surface area contributed by atoms with E-state index in [1.54, 1.807) is 29.6 Å². The first-order valence-electron chi connectivity index (χ1n) is 10.6. The van der Waals surface area contributed by atoms with E-state index in [0.29, 0.717) is 43.3 Å². The lowest BCUT2D eigenvalue weighted by atomic mass is 10.3. The van der Waals surface area contributed by atoms with Gasteiger partial charge in [0, 0.05) is 31.3 Å². The highest BCUT2D eigenvalue weighted by Crippen LogP contribution is 2.29. The van der Waals surface area contributed by atoms with Gasteiger partial charge in [-0.25, -0.2) is 14.6 Å². The first kappa shape index (κ1) is 23.3. The Morgan fingerprint density at radius 2 is 2.03 bits per heavy atom. The number of thioether (sulfide) groups is 1. The molecule has 0 saturated carbocycles. The van der Waals surface area contributed by atoms with Gasteiger partial charge in [-0.1, -0.05) is 25.6 Å². The van der Waals surface area contributed by atoms with E-state index in [4.69, 9.17) is 19.4 Å². The highest BCUT2D eigenvalue weighted by molar-refractivity contribution is 7.99. The number of hydrogen-bond acceptors (Lipinski definition) is 9. The first-order valence-corrected chi connectivity index (χ1v) is 11.5. The number of rotatable bonds is 10. The summed E-state index contributed by atoms with van der Waals surface area (Å²) < 4.78 is 12.1. The molecule has 3 heterocycles. The fourth-order valence-corrected chi connectivity index (χ4v) is 3.90. The van der Waals surface area contributed by atoms with Gasteiger partial charge in [0.05, 0.1) is 44.4 Å². The van der Waals surface area contributed by atoms with Gasteiger partial charge in [0.1, 0.15) is 5.82 Å². The Morgan fingerprint density at radius 3 is 2.74 bits per heavy atom. The minimum absolute atomic E-state index is 0.0797. The van der Waals surface area contributed by atoms with Crippen LogP contribution in [0.2, 0.25) is 0 Å². The molecule has 1 aliphatic rings. The van der Waals surface area contributed by atoms with Gasteiger partial charge in [-0.2, -0.15) is 5.10 Å². The monoisotopic (exact) mass is 450 g/mol. The minimum atomic E-state index is -0.363. The molecule has 2 aromatic rings. The summed E-state index contributed by atoms with van der Waals surface area (Å²) in [6.45, 7) is 10.0. The summed E-state index contributed by atoms with van der Waals surface area (Å²) >= 11 is 1.61. The molecular weight excluding hydrogens is 420 g/mol. The zero-order valence-corrected chi connectivity index (χ0v) is 19.1. The van der Waals surface area contributed by atoms with Gasteiger partial charge < -0.3 is 19.7 Å². The number of morpholine rings is 1. The SMILES string of the molecule is CCOC(=O)CCC(=O)NCCn1ncc2c(N3CCOCC3)nc(SC(C)C)nc21. The summed E-state index contributed by atoms with van der Waals surface area (Å²) in [4.78, 5) is 35.1. The van der Waals surface area contributed by atoms with E-state index in [1.165, 1.54) is 0 Å². The number of fused-ring (bicyclic) bond motifs is 1. The second-order valence-corrected chi connectivity index (χ2v) is 8.90. The molecule has 11 heteroatoms. The maximum absolute atomic E-state index is 12.0. The Bertz CT molecular complexity index is 897. The van der Waals surface area contributed by atoms with Crippen LogP contribution in [-0.2, 0) is 25.6 Å². The first-order chi connectivity index (χ1) is 15.0. The van der Waals surface area contributed by atoms with Crippen molar-refractivity contribution >= 4 is 40.5 Å². The number of hydrogen-bond donors (Lipinski definition) is 1. The van der Waals surface area contributed by atoms with Gasteiger partial charge in [-0.3, -0.25) is 9.59 Å². The Labute approximate surface area is 186 Å². The molecule has 10 nitrogen and oxygen atoms in total. The number of nitrogens with zero attached hydrogens (tertiary/aromatic N) is 5. The molecule has 0 aliphatic carbocycles. The summed E-state index contributed by atoms with van der Waals surface area (Å²) in [5.74, 6) is 0.323. The molecule has 1 fully saturated rings. The van der Waals surface area contributed by atoms with Crippen LogP contribution in [-0.4, -0.2) is 76.3 Å². The third-order valence-electron chi connectivity index (χ3n) is 4.61. The highest BCUT2D eigenvalue weighted by Gasteiger charge is 2.20. The second kappa shape index (κ2) is 11.3. The van der Waals surface area contributed by atoms with Gasteiger partial charge >= 0.3 is 5.97 Å². The Hall–Kier alpha value is -2.40. The summed E-state index contributed by atoms with van der Waals surface area (Å²) in [7, 11) is 0. The van der Waals surface area contributed by atoms with E-state index >= 15 is 0 Å². The highest BCUT2D eigenvalue weighted by atomic mass is 32.2. The molecule has 0 atom stereocenters. The fourth-order valence-electron chi connectivity index (χ4n) is 3.20. The number of carbonyl (C=O) groups is 2. The zero-order chi connectivity index (χ0) is 22.2. The predicted octanol–water partition coefficient (Wildman–Crippen LogP) is 1.62. The van der Waals surface area contributed by atoms with E-state index in [2.05, 4.69) is 29.2 Å². The average Bonchev–Trinajstić information content (AvgIpc) is 3.15. The van der Waals surface area contributed by atoms with E-state index in [1.807, 2.05) is 0 Å². The largest absolute Gasteiger partial charge is 0.466 e. The van der Waals surface area contributed by atoms with Crippen molar-refractivity contribution in [1.29, 1.82) is 0 Å². The fraction of sp³-hybridized carbons (Fsp3) is 0.650. The number of carbonyl (C=O) groups excluding carboxylic acids is 2. The molecule has 1 aliphatic heterocycles. The lowest BCUT2D eigenvalue weighted by Crippen LogP contribution is -2.37. The number of ether oxygens (including phenoxy) is 2. The van der Waals surface area contributed by atoms with Gasteiger partial charge in [0.15, 0.2) is 10.8 Å². The molecule has 0 radical (unpaired) electrons. The smallest absolute Gasteiger partial charge is 0.306 e. The average molecular weight is 451 g/mol. The van der Waals surface area contributed by atoms with Crippen molar-refractivity contribution in [2.45, 2.75) is 50.6 Å². The quantitative estimate of drug-likeness (QED) is 0.328.